The quantitative estimate of drug-likeness (QED) is 0.890. The number of nitrogens with zero attached hydrogens (tertiary/aromatic N) is 2. The molecule has 3 atom stereocenters. The number of hydrogen-bond acceptors (Lipinski definition) is 3. The summed E-state index contributed by atoms with van der Waals surface area (Å²) in [5, 5.41) is 3.47. The Labute approximate surface area is 139 Å². The van der Waals surface area contributed by atoms with E-state index in [-0.39, 0.29) is 17.7 Å². The van der Waals surface area contributed by atoms with Gasteiger partial charge in [0.1, 0.15) is 6.17 Å². The van der Waals surface area contributed by atoms with Crippen LogP contribution in [-0.2, 0) is 16.0 Å². The molecule has 1 aromatic carbocycles. The van der Waals surface area contributed by atoms with Gasteiger partial charge in [-0.2, -0.15) is 0 Å². The minimum absolute atomic E-state index is 0.127. The van der Waals surface area contributed by atoms with Crippen molar-refractivity contribution in [3.8, 4) is 0 Å². The van der Waals surface area contributed by atoms with Crippen LogP contribution >= 0.6 is 11.6 Å². The molecule has 4 amide bonds. The predicted octanol–water partition coefficient (Wildman–Crippen LogP) is 1.48. The minimum Gasteiger partial charge on any atom is -0.335 e. The number of piperidine rings is 1. The molecule has 0 spiro atoms. The van der Waals surface area contributed by atoms with Crippen LogP contribution in [0.25, 0.3) is 0 Å². The molecule has 122 valence electrons. The lowest BCUT2D eigenvalue weighted by Gasteiger charge is -2.45. The predicted molar refractivity (Wildman–Crippen MR) is 84.6 cm³/mol. The number of hydrogen-bond donors (Lipinski definition) is 1. The van der Waals surface area contributed by atoms with E-state index in [1.54, 1.807) is 19.2 Å². The van der Waals surface area contributed by atoms with Crippen LogP contribution in [-0.4, -0.2) is 47.9 Å². The van der Waals surface area contributed by atoms with Gasteiger partial charge < -0.3 is 10.2 Å². The lowest BCUT2D eigenvalue weighted by molar-refractivity contribution is -0.145. The molecular formula is C16H18ClN3O3. The van der Waals surface area contributed by atoms with Gasteiger partial charge in [0.05, 0.1) is 5.92 Å². The summed E-state index contributed by atoms with van der Waals surface area (Å²) in [5.74, 6) is -1.06. The summed E-state index contributed by atoms with van der Waals surface area (Å²) < 4.78 is 0. The molecule has 0 aromatic heterocycles. The first-order valence-corrected chi connectivity index (χ1v) is 7.85. The Morgan fingerprint density at radius 1 is 1.17 bits per heavy atom. The summed E-state index contributed by atoms with van der Waals surface area (Å²) in [7, 11) is 3.07. The van der Waals surface area contributed by atoms with E-state index in [0.717, 1.165) is 10.5 Å². The molecule has 2 saturated heterocycles. The second kappa shape index (κ2) is 5.85. The molecule has 3 unspecified atom stereocenters. The largest absolute Gasteiger partial charge is 0.335 e. The number of rotatable bonds is 2. The zero-order valence-electron chi connectivity index (χ0n) is 13.0. The minimum atomic E-state index is -0.555. The van der Waals surface area contributed by atoms with E-state index in [1.807, 2.05) is 12.1 Å². The summed E-state index contributed by atoms with van der Waals surface area (Å²) in [6.45, 7) is 0. The average molecular weight is 336 g/mol. The molecule has 23 heavy (non-hydrogen) atoms. The number of urea groups is 1. The highest BCUT2D eigenvalue weighted by atomic mass is 35.5. The van der Waals surface area contributed by atoms with Crippen molar-refractivity contribution in [2.45, 2.75) is 19.0 Å². The van der Waals surface area contributed by atoms with Crippen molar-refractivity contribution in [2.24, 2.45) is 11.8 Å². The Morgan fingerprint density at radius 2 is 1.83 bits per heavy atom. The molecule has 0 aliphatic carbocycles. The number of carbonyl (C=O) groups excluding carboxylic acids is 3. The van der Waals surface area contributed by atoms with Crippen LogP contribution < -0.4 is 5.32 Å². The number of imide groups is 1. The molecule has 0 bridgehead atoms. The lowest BCUT2D eigenvalue weighted by atomic mass is 9.82. The first kappa shape index (κ1) is 15.8. The van der Waals surface area contributed by atoms with Crippen molar-refractivity contribution in [1.82, 2.24) is 15.1 Å². The maximum absolute atomic E-state index is 12.4. The van der Waals surface area contributed by atoms with Gasteiger partial charge >= 0.3 is 6.03 Å². The lowest BCUT2D eigenvalue weighted by Crippen LogP contribution is -2.67. The van der Waals surface area contributed by atoms with Gasteiger partial charge in [-0.25, -0.2) is 4.79 Å². The van der Waals surface area contributed by atoms with Crippen molar-refractivity contribution in [3.63, 3.8) is 0 Å². The van der Waals surface area contributed by atoms with Crippen LogP contribution in [0.4, 0.5) is 4.79 Å². The molecule has 2 fully saturated rings. The molecule has 1 aromatic rings. The van der Waals surface area contributed by atoms with Crippen molar-refractivity contribution in [1.29, 1.82) is 0 Å². The van der Waals surface area contributed by atoms with Crippen LogP contribution in [0, 0.1) is 11.8 Å². The fourth-order valence-corrected chi connectivity index (χ4v) is 3.41. The second-order valence-electron chi connectivity index (χ2n) is 6.11. The fraction of sp³-hybridized carbons (Fsp3) is 0.438. The van der Waals surface area contributed by atoms with Gasteiger partial charge in [0.2, 0.25) is 11.8 Å². The Kier molecular flexibility index (Phi) is 4.02. The van der Waals surface area contributed by atoms with E-state index in [0.29, 0.717) is 17.9 Å². The zero-order chi connectivity index (χ0) is 16.7. The molecule has 2 heterocycles. The van der Waals surface area contributed by atoms with Gasteiger partial charge in [0.15, 0.2) is 0 Å². The molecule has 6 nitrogen and oxygen atoms in total. The van der Waals surface area contributed by atoms with E-state index < -0.39 is 18.1 Å². The molecule has 0 saturated carbocycles. The van der Waals surface area contributed by atoms with Crippen LogP contribution in [0.3, 0.4) is 0 Å². The molecule has 0 radical (unpaired) electrons. The number of nitrogens with one attached hydrogen (secondary N) is 1. The highest BCUT2D eigenvalue weighted by Crippen LogP contribution is 2.31. The van der Waals surface area contributed by atoms with E-state index in [4.69, 9.17) is 11.6 Å². The third-order valence-corrected chi connectivity index (χ3v) is 4.88. The Balaban J connectivity index is 1.78. The third-order valence-electron chi connectivity index (χ3n) is 4.63. The van der Waals surface area contributed by atoms with Gasteiger partial charge in [-0.15, -0.1) is 0 Å². The zero-order valence-corrected chi connectivity index (χ0v) is 13.7. The SMILES string of the molecule is CN1C(=O)C2CC(Cc3ccc(Cl)cc3)C(=O)NC2N(C)C1=O. The molecule has 2 aliphatic heterocycles. The summed E-state index contributed by atoms with van der Waals surface area (Å²) in [6, 6.07) is 6.93. The van der Waals surface area contributed by atoms with Gasteiger partial charge in [-0.1, -0.05) is 23.7 Å². The van der Waals surface area contributed by atoms with E-state index >= 15 is 0 Å². The first-order valence-electron chi connectivity index (χ1n) is 7.47. The molecular weight excluding hydrogens is 318 g/mol. The summed E-state index contributed by atoms with van der Waals surface area (Å²) in [4.78, 5) is 39.2. The number of amides is 4. The van der Waals surface area contributed by atoms with Crippen molar-refractivity contribution in [3.05, 3.63) is 34.9 Å². The van der Waals surface area contributed by atoms with Crippen LogP contribution in [0.2, 0.25) is 5.02 Å². The Bertz CT molecular complexity index is 661. The summed E-state index contributed by atoms with van der Waals surface area (Å²) in [6.07, 6.45) is 0.418. The monoisotopic (exact) mass is 335 g/mol. The number of benzene rings is 1. The molecule has 2 aliphatic rings. The van der Waals surface area contributed by atoms with Crippen molar-refractivity contribution in [2.75, 3.05) is 14.1 Å². The fourth-order valence-electron chi connectivity index (χ4n) is 3.29. The van der Waals surface area contributed by atoms with E-state index in [9.17, 15) is 14.4 Å². The topological polar surface area (TPSA) is 69.7 Å². The smallest absolute Gasteiger partial charge is 0.327 e. The maximum atomic E-state index is 12.4. The van der Waals surface area contributed by atoms with E-state index in [1.165, 1.54) is 11.9 Å². The van der Waals surface area contributed by atoms with Crippen molar-refractivity contribution < 1.29 is 14.4 Å². The average Bonchev–Trinajstić information content (AvgIpc) is 2.54. The Morgan fingerprint density at radius 3 is 2.48 bits per heavy atom. The van der Waals surface area contributed by atoms with Crippen molar-refractivity contribution >= 4 is 29.4 Å². The van der Waals surface area contributed by atoms with Gasteiger partial charge in [0, 0.05) is 25.0 Å². The standard InChI is InChI=1S/C16H18ClN3O3/c1-19-13-12(15(22)20(2)16(19)23)8-10(14(21)18-13)7-9-3-5-11(17)6-4-9/h3-6,10,12-13H,7-8H2,1-2H3,(H,18,21). The first-order chi connectivity index (χ1) is 10.9. The highest BCUT2D eigenvalue weighted by Gasteiger charge is 2.48. The summed E-state index contributed by atoms with van der Waals surface area (Å²) >= 11 is 5.87. The third kappa shape index (κ3) is 2.79. The molecule has 3 rings (SSSR count). The second-order valence-corrected chi connectivity index (χ2v) is 6.55. The number of halogens is 1. The Hall–Kier alpha value is -2.08. The van der Waals surface area contributed by atoms with Crippen LogP contribution in [0.1, 0.15) is 12.0 Å². The van der Waals surface area contributed by atoms with E-state index in [2.05, 4.69) is 5.32 Å². The van der Waals surface area contributed by atoms with Gasteiger partial charge in [-0.05, 0) is 30.5 Å². The maximum Gasteiger partial charge on any atom is 0.327 e. The van der Waals surface area contributed by atoms with Gasteiger partial charge in [0.25, 0.3) is 0 Å². The van der Waals surface area contributed by atoms with Gasteiger partial charge in [-0.3, -0.25) is 14.5 Å². The molecule has 7 heteroatoms. The number of carbonyl (C=O) groups is 3. The molecule has 1 N–H and O–H groups in total. The van der Waals surface area contributed by atoms with Crippen LogP contribution in [0.15, 0.2) is 24.3 Å². The van der Waals surface area contributed by atoms with Crippen LogP contribution in [0.5, 0.6) is 0 Å². The highest BCUT2D eigenvalue weighted by molar-refractivity contribution is 6.30. The number of fused-ring (bicyclic) bond motifs is 1. The normalized spacial score (nSPS) is 27.8. The summed E-state index contributed by atoms with van der Waals surface area (Å²) in [5.41, 5.74) is 0.994.